The highest BCUT2D eigenvalue weighted by atomic mass is 16.5. The lowest BCUT2D eigenvalue weighted by Crippen LogP contribution is -2.44. The number of benzene rings is 1. The van der Waals surface area contributed by atoms with Crippen LogP contribution in [0.15, 0.2) is 30.3 Å². The van der Waals surface area contributed by atoms with E-state index in [-0.39, 0.29) is 5.91 Å². The van der Waals surface area contributed by atoms with Gasteiger partial charge in [0.05, 0.1) is 12.2 Å². The fourth-order valence-electron chi connectivity index (χ4n) is 2.17. The van der Waals surface area contributed by atoms with E-state index in [1.54, 1.807) is 0 Å². The van der Waals surface area contributed by atoms with E-state index in [2.05, 4.69) is 10.6 Å². The molecule has 0 saturated carbocycles. The van der Waals surface area contributed by atoms with Gasteiger partial charge in [-0.25, -0.2) is 0 Å². The Labute approximate surface area is 119 Å². The van der Waals surface area contributed by atoms with Gasteiger partial charge in [0.15, 0.2) is 0 Å². The largest absolute Gasteiger partial charge is 0.494 e. The van der Waals surface area contributed by atoms with Crippen molar-refractivity contribution >= 4 is 5.91 Å². The molecule has 1 unspecified atom stereocenters. The lowest BCUT2D eigenvalue weighted by Gasteiger charge is -2.21. The van der Waals surface area contributed by atoms with E-state index in [1.165, 1.54) is 0 Å². The lowest BCUT2D eigenvalue weighted by atomic mass is 10.0. The molecule has 1 fully saturated rings. The van der Waals surface area contributed by atoms with Crippen molar-refractivity contribution in [2.75, 3.05) is 26.2 Å². The minimum absolute atomic E-state index is 0.0398. The van der Waals surface area contributed by atoms with Crippen LogP contribution in [0, 0.1) is 0 Å². The third-order valence-corrected chi connectivity index (χ3v) is 3.40. The number of para-hydroxylation sites is 1. The zero-order chi connectivity index (χ0) is 14.3. The highest BCUT2D eigenvalue weighted by Crippen LogP contribution is 2.12. The first kappa shape index (κ1) is 14.8. The van der Waals surface area contributed by atoms with Gasteiger partial charge in [-0.2, -0.15) is 0 Å². The molecule has 1 aromatic carbocycles. The maximum absolute atomic E-state index is 11.7. The number of carbonyl (C=O) groups excluding carboxylic acids is 1. The lowest BCUT2D eigenvalue weighted by molar-refractivity contribution is -0.122. The van der Waals surface area contributed by atoms with Gasteiger partial charge in [0.2, 0.25) is 5.91 Å². The van der Waals surface area contributed by atoms with Gasteiger partial charge in [-0.3, -0.25) is 4.79 Å². The highest BCUT2D eigenvalue weighted by Gasteiger charge is 2.30. The summed E-state index contributed by atoms with van der Waals surface area (Å²) in [4.78, 5) is 11.7. The standard InChI is InChI=1S/C15H22N2O3/c18-14(17-12-15(19)8-9-16-11-15)7-4-10-20-13-5-2-1-3-6-13/h1-3,5-6,16,19H,4,7-12H2,(H,17,18). The van der Waals surface area contributed by atoms with Gasteiger partial charge in [-0.1, -0.05) is 18.2 Å². The van der Waals surface area contributed by atoms with Gasteiger partial charge in [0.25, 0.3) is 0 Å². The van der Waals surface area contributed by atoms with Gasteiger partial charge in [0.1, 0.15) is 5.75 Å². The van der Waals surface area contributed by atoms with Crippen LogP contribution in [0.2, 0.25) is 0 Å². The summed E-state index contributed by atoms with van der Waals surface area (Å²) in [6, 6.07) is 9.55. The van der Waals surface area contributed by atoms with Crippen LogP contribution in [-0.2, 0) is 4.79 Å². The van der Waals surface area contributed by atoms with Crippen LogP contribution in [-0.4, -0.2) is 42.9 Å². The summed E-state index contributed by atoms with van der Waals surface area (Å²) >= 11 is 0. The summed E-state index contributed by atoms with van der Waals surface area (Å²) in [5.74, 6) is 0.779. The number of carbonyl (C=O) groups is 1. The number of ether oxygens (including phenoxy) is 1. The Kier molecular flexibility index (Phi) is 5.38. The van der Waals surface area contributed by atoms with Gasteiger partial charge < -0.3 is 20.5 Å². The molecule has 0 radical (unpaired) electrons. The summed E-state index contributed by atoms with van der Waals surface area (Å²) in [5.41, 5.74) is -0.782. The van der Waals surface area contributed by atoms with Crippen LogP contribution in [0.3, 0.4) is 0 Å². The van der Waals surface area contributed by atoms with Gasteiger partial charge in [-0.15, -0.1) is 0 Å². The van der Waals surface area contributed by atoms with E-state index in [0.717, 1.165) is 12.3 Å². The predicted molar refractivity (Wildman–Crippen MR) is 76.6 cm³/mol. The second-order valence-corrected chi connectivity index (χ2v) is 5.19. The molecule has 5 nitrogen and oxygen atoms in total. The van der Waals surface area contributed by atoms with Crippen LogP contribution in [0.25, 0.3) is 0 Å². The molecule has 110 valence electrons. The molecule has 0 spiro atoms. The minimum Gasteiger partial charge on any atom is -0.494 e. The van der Waals surface area contributed by atoms with Crippen LogP contribution < -0.4 is 15.4 Å². The molecule has 1 heterocycles. The van der Waals surface area contributed by atoms with Crippen molar-refractivity contribution in [2.24, 2.45) is 0 Å². The predicted octanol–water partition coefficient (Wildman–Crippen LogP) is 0.686. The Morgan fingerprint density at radius 3 is 2.90 bits per heavy atom. The topological polar surface area (TPSA) is 70.6 Å². The van der Waals surface area contributed by atoms with Crippen LogP contribution in [0.1, 0.15) is 19.3 Å². The van der Waals surface area contributed by atoms with Crippen LogP contribution >= 0.6 is 0 Å². The Balaban J connectivity index is 1.56. The molecular formula is C15H22N2O3. The highest BCUT2D eigenvalue weighted by molar-refractivity contribution is 5.75. The molecule has 1 aromatic rings. The third-order valence-electron chi connectivity index (χ3n) is 3.40. The number of β-amino-alcohol motifs (C(OH)–C–C–N with tert-alkyl or cyclic N) is 1. The molecule has 20 heavy (non-hydrogen) atoms. The summed E-state index contributed by atoms with van der Waals surface area (Å²) in [6.07, 6.45) is 1.76. The first-order valence-electron chi connectivity index (χ1n) is 7.06. The van der Waals surface area contributed by atoms with E-state index in [4.69, 9.17) is 4.74 Å². The summed E-state index contributed by atoms with van der Waals surface area (Å²) in [5, 5.41) is 15.9. The number of rotatable bonds is 7. The smallest absolute Gasteiger partial charge is 0.220 e. The Bertz CT molecular complexity index is 416. The minimum atomic E-state index is -0.782. The maximum atomic E-state index is 11.7. The molecule has 1 aliphatic heterocycles. The summed E-state index contributed by atoms with van der Waals surface area (Å²) in [6.45, 7) is 2.18. The number of aliphatic hydroxyl groups is 1. The maximum Gasteiger partial charge on any atom is 0.220 e. The monoisotopic (exact) mass is 278 g/mol. The molecule has 0 aromatic heterocycles. The molecule has 1 saturated heterocycles. The van der Waals surface area contributed by atoms with Crippen molar-refractivity contribution in [3.05, 3.63) is 30.3 Å². The fraction of sp³-hybridized carbons (Fsp3) is 0.533. The first-order chi connectivity index (χ1) is 9.68. The van der Waals surface area contributed by atoms with Crippen LogP contribution in [0.4, 0.5) is 0 Å². The molecular weight excluding hydrogens is 256 g/mol. The second-order valence-electron chi connectivity index (χ2n) is 5.19. The van der Waals surface area contributed by atoms with E-state index in [0.29, 0.717) is 39.0 Å². The van der Waals surface area contributed by atoms with E-state index < -0.39 is 5.60 Å². The average molecular weight is 278 g/mol. The number of hydrogen-bond acceptors (Lipinski definition) is 4. The SMILES string of the molecule is O=C(CCCOc1ccccc1)NCC1(O)CCNC1. The van der Waals surface area contributed by atoms with E-state index >= 15 is 0 Å². The number of amides is 1. The molecule has 0 aliphatic carbocycles. The quantitative estimate of drug-likeness (QED) is 0.642. The molecule has 1 aliphatic rings. The average Bonchev–Trinajstić information content (AvgIpc) is 2.90. The Hall–Kier alpha value is -1.59. The molecule has 5 heteroatoms. The molecule has 2 rings (SSSR count). The van der Waals surface area contributed by atoms with Crippen molar-refractivity contribution in [2.45, 2.75) is 24.9 Å². The second kappa shape index (κ2) is 7.26. The summed E-state index contributed by atoms with van der Waals surface area (Å²) < 4.78 is 5.51. The zero-order valence-electron chi connectivity index (χ0n) is 11.6. The normalized spacial score (nSPS) is 21.6. The van der Waals surface area contributed by atoms with E-state index in [1.807, 2.05) is 30.3 Å². The summed E-state index contributed by atoms with van der Waals surface area (Å²) in [7, 11) is 0. The first-order valence-corrected chi connectivity index (χ1v) is 7.06. The van der Waals surface area contributed by atoms with Gasteiger partial charge in [0, 0.05) is 19.5 Å². The molecule has 1 atom stereocenters. The Morgan fingerprint density at radius 1 is 1.40 bits per heavy atom. The van der Waals surface area contributed by atoms with E-state index in [9.17, 15) is 9.90 Å². The molecule has 1 amide bonds. The molecule has 3 N–H and O–H groups in total. The fourth-order valence-corrected chi connectivity index (χ4v) is 2.17. The van der Waals surface area contributed by atoms with Crippen LogP contribution in [0.5, 0.6) is 5.75 Å². The van der Waals surface area contributed by atoms with Crippen molar-refractivity contribution < 1.29 is 14.6 Å². The van der Waals surface area contributed by atoms with Crippen molar-refractivity contribution in [1.82, 2.24) is 10.6 Å². The number of hydrogen-bond donors (Lipinski definition) is 3. The van der Waals surface area contributed by atoms with Gasteiger partial charge >= 0.3 is 0 Å². The van der Waals surface area contributed by atoms with Crippen molar-refractivity contribution in [1.29, 1.82) is 0 Å². The van der Waals surface area contributed by atoms with Crippen molar-refractivity contribution in [3.63, 3.8) is 0 Å². The van der Waals surface area contributed by atoms with Crippen molar-refractivity contribution in [3.8, 4) is 5.75 Å². The zero-order valence-corrected chi connectivity index (χ0v) is 11.6. The third kappa shape index (κ3) is 4.83. The van der Waals surface area contributed by atoms with Gasteiger partial charge in [-0.05, 0) is 31.5 Å². The number of nitrogens with one attached hydrogen (secondary N) is 2. The Morgan fingerprint density at radius 2 is 2.20 bits per heavy atom. The molecule has 0 bridgehead atoms.